The zero-order chi connectivity index (χ0) is 16.8. The van der Waals surface area contributed by atoms with E-state index in [-0.39, 0.29) is 0 Å². The molecule has 0 radical (unpaired) electrons. The third-order valence-corrected chi connectivity index (χ3v) is 5.23. The highest BCUT2D eigenvalue weighted by molar-refractivity contribution is 5.86. The smallest absolute Gasteiger partial charge is 0.163 e. The zero-order valence-electron chi connectivity index (χ0n) is 14.1. The van der Waals surface area contributed by atoms with Gasteiger partial charge in [0.15, 0.2) is 5.65 Å². The summed E-state index contributed by atoms with van der Waals surface area (Å²) in [6, 6.07) is 4.17. The van der Waals surface area contributed by atoms with Gasteiger partial charge < -0.3 is 9.88 Å². The molecule has 0 aromatic carbocycles. The molecule has 1 fully saturated rings. The molecule has 1 N–H and O–H groups in total. The molecule has 25 heavy (non-hydrogen) atoms. The minimum Gasteiger partial charge on any atom is -0.356 e. The van der Waals surface area contributed by atoms with Gasteiger partial charge in [0.1, 0.15) is 17.8 Å². The van der Waals surface area contributed by atoms with E-state index in [1.807, 2.05) is 25.5 Å². The first-order valence-corrected chi connectivity index (χ1v) is 8.61. The van der Waals surface area contributed by atoms with Crippen LogP contribution in [0.15, 0.2) is 37.1 Å². The Morgan fingerprint density at radius 1 is 1.12 bits per heavy atom. The average molecular weight is 333 g/mol. The molecule has 0 bridgehead atoms. The fourth-order valence-electron chi connectivity index (χ4n) is 3.92. The highest BCUT2D eigenvalue weighted by Gasteiger charge is 2.25. The minimum atomic E-state index is 0.556. The Hall–Kier alpha value is -2.96. The van der Waals surface area contributed by atoms with Crippen molar-refractivity contribution in [1.82, 2.24) is 29.7 Å². The number of aromatic amines is 1. The van der Waals surface area contributed by atoms with E-state index >= 15 is 0 Å². The van der Waals surface area contributed by atoms with Crippen LogP contribution in [-0.4, -0.2) is 42.8 Å². The number of rotatable bonds is 2. The number of aromatic nitrogens is 6. The first-order valence-electron chi connectivity index (χ1n) is 8.61. The van der Waals surface area contributed by atoms with Crippen LogP contribution in [0.25, 0.3) is 22.1 Å². The van der Waals surface area contributed by atoms with E-state index in [9.17, 15) is 0 Å². The molecule has 7 nitrogen and oxygen atoms in total. The van der Waals surface area contributed by atoms with E-state index in [2.05, 4.69) is 42.2 Å². The van der Waals surface area contributed by atoms with Crippen LogP contribution >= 0.6 is 0 Å². The minimum absolute atomic E-state index is 0.556. The van der Waals surface area contributed by atoms with E-state index in [1.165, 1.54) is 10.9 Å². The summed E-state index contributed by atoms with van der Waals surface area (Å²) in [6.07, 6.45) is 9.67. The Labute approximate surface area is 144 Å². The van der Waals surface area contributed by atoms with Crippen molar-refractivity contribution >= 4 is 27.9 Å². The number of nitrogens with zero attached hydrogens (tertiary/aromatic N) is 6. The van der Waals surface area contributed by atoms with E-state index in [0.717, 1.165) is 48.4 Å². The average Bonchev–Trinajstić information content (AvgIpc) is 3.26. The lowest BCUT2D eigenvalue weighted by molar-refractivity contribution is 0.506. The van der Waals surface area contributed by atoms with Crippen molar-refractivity contribution in [2.45, 2.75) is 18.8 Å². The second-order valence-corrected chi connectivity index (χ2v) is 6.61. The van der Waals surface area contributed by atoms with Crippen molar-refractivity contribution in [2.24, 2.45) is 7.05 Å². The molecule has 0 unspecified atom stereocenters. The molecule has 5 rings (SSSR count). The van der Waals surface area contributed by atoms with E-state index in [4.69, 9.17) is 0 Å². The Morgan fingerprint density at radius 2 is 2.00 bits per heavy atom. The normalized spacial score (nSPS) is 16.1. The summed E-state index contributed by atoms with van der Waals surface area (Å²) in [5, 5.41) is 6.59. The molecule has 0 spiro atoms. The highest BCUT2D eigenvalue weighted by atomic mass is 15.3. The van der Waals surface area contributed by atoms with Gasteiger partial charge in [0.05, 0.1) is 11.6 Å². The summed E-state index contributed by atoms with van der Waals surface area (Å²) in [5.74, 6) is 1.55. The van der Waals surface area contributed by atoms with Crippen LogP contribution in [0.3, 0.4) is 0 Å². The first kappa shape index (κ1) is 14.4. The molecule has 0 aliphatic carbocycles. The molecular weight excluding hydrogens is 314 g/mol. The second-order valence-electron chi connectivity index (χ2n) is 6.61. The van der Waals surface area contributed by atoms with Crippen molar-refractivity contribution in [2.75, 3.05) is 18.0 Å². The second kappa shape index (κ2) is 5.54. The SMILES string of the molecule is Cn1ncc2c(N3CCC(c4c[nH]c5ncccc45)CC3)ncnc21. The van der Waals surface area contributed by atoms with Crippen LogP contribution in [0.2, 0.25) is 0 Å². The van der Waals surface area contributed by atoms with Gasteiger partial charge in [0, 0.05) is 37.9 Å². The standard InChI is InChI=1S/C18H19N7/c1-24-17-15(10-23-24)18(22-11-21-17)25-7-4-12(5-8-25)14-9-20-16-13(14)3-2-6-19-16/h2-3,6,9-12H,4-5,7-8H2,1H3,(H,19,20). The number of hydrogen-bond acceptors (Lipinski definition) is 5. The third-order valence-electron chi connectivity index (χ3n) is 5.23. The van der Waals surface area contributed by atoms with Gasteiger partial charge in [-0.3, -0.25) is 4.68 Å². The molecule has 126 valence electrons. The highest BCUT2D eigenvalue weighted by Crippen LogP contribution is 2.34. The fourth-order valence-corrected chi connectivity index (χ4v) is 3.92. The molecule has 4 aromatic heterocycles. The van der Waals surface area contributed by atoms with Gasteiger partial charge in [0.25, 0.3) is 0 Å². The van der Waals surface area contributed by atoms with Crippen molar-refractivity contribution in [3.05, 3.63) is 42.6 Å². The van der Waals surface area contributed by atoms with E-state index < -0.39 is 0 Å². The number of fused-ring (bicyclic) bond motifs is 2. The van der Waals surface area contributed by atoms with Crippen molar-refractivity contribution in [1.29, 1.82) is 0 Å². The van der Waals surface area contributed by atoms with Crippen molar-refractivity contribution < 1.29 is 0 Å². The molecule has 7 heteroatoms. The monoisotopic (exact) mass is 333 g/mol. The fraction of sp³-hybridized carbons (Fsp3) is 0.333. The van der Waals surface area contributed by atoms with Gasteiger partial charge in [-0.1, -0.05) is 0 Å². The van der Waals surface area contributed by atoms with Crippen LogP contribution in [0.5, 0.6) is 0 Å². The Kier molecular flexibility index (Phi) is 3.19. The maximum absolute atomic E-state index is 4.53. The van der Waals surface area contributed by atoms with Crippen LogP contribution in [0.4, 0.5) is 5.82 Å². The zero-order valence-corrected chi connectivity index (χ0v) is 14.1. The molecule has 1 aliphatic heterocycles. The summed E-state index contributed by atoms with van der Waals surface area (Å²) in [5.41, 5.74) is 3.25. The quantitative estimate of drug-likeness (QED) is 0.610. The van der Waals surface area contributed by atoms with E-state index in [1.54, 1.807) is 11.0 Å². The molecular formula is C18H19N7. The lowest BCUT2D eigenvalue weighted by atomic mass is 9.89. The Bertz CT molecular complexity index is 1040. The van der Waals surface area contributed by atoms with Gasteiger partial charge >= 0.3 is 0 Å². The predicted octanol–water partition coefficient (Wildman–Crippen LogP) is 2.62. The lowest BCUT2D eigenvalue weighted by Gasteiger charge is -2.33. The summed E-state index contributed by atoms with van der Waals surface area (Å²) >= 11 is 0. The molecule has 4 aromatic rings. The lowest BCUT2D eigenvalue weighted by Crippen LogP contribution is -2.33. The van der Waals surface area contributed by atoms with Crippen LogP contribution in [-0.2, 0) is 7.05 Å². The maximum Gasteiger partial charge on any atom is 0.163 e. The van der Waals surface area contributed by atoms with Crippen molar-refractivity contribution in [3.8, 4) is 0 Å². The number of anilines is 1. The van der Waals surface area contributed by atoms with Gasteiger partial charge in [-0.2, -0.15) is 5.10 Å². The largest absolute Gasteiger partial charge is 0.356 e. The number of pyridine rings is 1. The van der Waals surface area contributed by atoms with Crippen LogP contribution in [0.1, 0.15) is 24.3 Å². The van der Waals surface area contributed by atoms with Gasteiger partial charge in [-0.25, -0.2) is 15.0 Å². The third kappa shape index (κ3) is 2.26. The van der Waals surface area contributed by atoms with Crippen LogP contribution < -0.4 is 4.90 Å². The Balaban J connectivity index is 1.41. The molecule has 1 saturated heterocycles. The maximum atomic E-state index is 4.53. The van der Waals surface area contributed by atoms with Gasteiger partial charge in [-0.15, -0.1) is 0 Å². The summed E-state index contributed by atoms with van der Waals surface area (Å²) in [7, 11) is 1.91. The number of nitrogens with one attached hydrogen (secondary N) is 1. The van der Waals surface area contributed by atoms with Gasteiger partial charge in [-0.05, 0) is 36.5 Å². The first-order chi connectivity index (χ1) is 12.3. The molecule has 1 aliphatic rings. The van der Waals surface area contributed by atoms with Crippen LogP contribution in [0, 0.1) is 0 Å². The number of aryl methyl sites for hydroxylation is 1. The molecule has 0 atom stereocenters. The number of hydrogen-bond donors (Lipinski definition) is 1. The number of H-pyrrole nitrogens is 1. The topological polar surface area (TPSA) is 75.5 Å². The predicted molar refractivity (Wildman–Crippen MR) is 96.6 cm³/mol. The molecule has 5 heterocycles. The van der Waals surface area contributed by atoms with Gasteiger partial charge in [0.2, 0.25) is 0 Å². The molecule has 0 saturated carbocycles. The van der Waals surface area contributed by atoms with Crippen molar-refractivity contribution in [3.63, 3.8) is 0 Å². The number of piperidine rings is 1. The summed E-state index contributed by atoms with van der Waals surface area (Å²) < 4.78 is 1.80. The summed E-state index contributed by atoms with van der Waals surface area (Å²) in [6.45, 7) is 1.97. The Morgan fingerprint density at radius 3 is 2.88 bits per heavy atom. The summed E-state index contributed by atoms with van der Waals surface area (Å²) in [4.78, 5) is 18.9. The molecule has 0 amide bonds. The van der Waals surface area contributed by atoms with E-state index in [0.29, 0.717) is 5.92 Å².